The molecule has 2 unspecified atom stereocenters. The van der Waals surface area contributed by atoms with Gasteiger partial charge in [0.15, 0.2) is 0 Å². The van der Waals surface area contributed by atoms with Gasteiger partial charge in [0.25, 0.3) is 0 Å². The lowest BCUT2D eigenvalue weighted by Gasteiger charge is -2.42. The number of aromatic nitrogens is 2. The number of ether oxygens (including phenoxy) is 2. The van der Waals surface area contributed by atoms with Crippen LogP contribution in [0.15, 0.2) is 73.1 Å². The summed E-state index contributed by atoms with van der Waals surface area (Å²) in [6.07, 6.45) is 1.68. The van der Waals surface area contributed by atoms with Gasteiger partial charge < -0.3 is 19.3 Å². The van der Waals surface area contributed by atoms with Crippen LogP contribution in [0.2, 0.25) is 0 Å². The Bertz CT molecular complexity index is 967. The minimum atomic E-state index is -0.366. The van der Waals surface area contributed by atoms with Gasteiger partial charge in [-0.3, -0.25) is 0 Å². The van der Waals surface area contributed by atoms with E-state index < -0.39 is 0 Å². The number of anilines is 2. The van der Waals surface area contributed by atoms with E-state index in [4.69, 9.17) is 9.47 Å². The first-order valence-corrected chi connectivity index (χ1v) is 11.3. The van der Waals surface area contributed by atoms with Gasteiger partial charge in [-0.2, -0.15) is 0 Å². The van der Waals surface area contributed by atoms with E-state index in [0.29, 0.717) is 13.2 Å². The molecule has 0 spiro atoms. The lowest BCUT2D eigenvalue weighted by Crippen LogP contribution is -2.49. The summed E-state index contributed by atoms with van der Waals surface area (Å²) in [7, 11) is 0. The molecule has 2 atom stereocenters. The fourth-order valence-corrected chi connectivity index (χ4v) is 4.74. The average molecular weight is 431 g/mol. The van der Waals surface area contributed by atoms with Crippen LogP contribution >= 0.6 is 0 Å². The minimum Gasteiger partial charge on any atom is -0.367 e. The number of hydrogen-bond donors (Lipinski definition) is 0. The number of hydrogen-bond acceptors (Lipinski definition) is 6. The van der Waals surface area contributed by atoms with Crippen LogP contribution in [0, 0.1) is 0 Å². The molecule has 0 amide bonds. The van der Waals surface area contributed by atoms with Crippen LogP contribution in [0.25, 0.3) is 0 Å². The molecule has 166 valence electrons. The van der Waals surface area contributed by atoms with Crippen molar-refractivity contribution < 1.29 is 9.47 Å². The summed E-state index contributed by atoms with van der Waals surface area (Å²) in [6.45, 7) is 8.75. The maximum Gasteiger partial charge on any atom is 0.134 e. The van der Waals surface area contributed by atoms with E-state index >= 15 is 0 Å². The Kier molecular flexibility index (Phi) is 5.57. The number of nitrogens with zero attached hydrogens (tertiary/aromatic N) is 4. The van der Waals surface area contributed by atoms with Crippen LogP contribution in [-0.4, -0.2) is 49.4 Å². The molecule has 3 aromatic rings. The van der Waals surface area contributed by atoms with Crippen molar-refractivity contribution >= 4 is 11.6 Å². The molecule has 3 heterocycles. The maximum absolute atomic E-state index is 6.21. The number of morpholine rings is 2. The van der Waals surface area contributed by atoms with Crippen molar-refractivity contribution in [3.05, 3.63) is 84.2 Å². The highest BCUT2D eigenvalue weighted by Crippen LogP contribution is 2.34. The maximum atomic E-state index is 6.21. The molecule has 0 saturated carbocycles. The fourth-order valence-electron chi connectivity index (χ4n) is 4.74. The SMILES string of the molecule is CC1(c2ccccc2)CN(c2cc(N3CCOC(C)(c4ccccc4)C3)ncn2)CCO1. The van der Waals surface area contributed by atoms with E-state index in [1.807, 2.05) is 12.1 Å². The van der Waals surface area contributed by atoms with Crippen LogP contribution in [0.1, 0.15) is 25.0 Å². The van der Waals surface area contributed by atoms with Crippen molar-refractivity contribution in [2.24, 2.45) is 0 Å². The van der Waals surface area contributed by atoms with E-state index in [-0.39, 0.29) is 11.2 Å². The van der Waals surface area contributed by atoms with Gasteiger partial charge in [-0.15, -0.1) is 0 Å². The minimum absolute atomic E-state index is 0.366. The van der Waals surface area contributed by atoms with Crippen LogP contribution in [-0.2, 0) is 20.7 Å². The van der Waals surface area contributed by atoms with E-state index in [2.05, 4.69) is 88.2 Å². The molecule has 2 aromatic carbocycles. The second-order valence-electron chi connectivity index (χ2n) is 8.97. The molecule has 32 heavy (non-hydrogen) atoms. The van der Waals surface area contributed by atoms with Gasteiger partial charge in [0.1, 0.15) is 29.2 Å². The number of benzene rings is 2. The molecule has 0 bridgehead atoms. The highest BCUT2D eigenvalue weighted by Gasteiger charge is 2.36. The Labute approximate surface area is 189 Å². The molecule has 6 nitrogen and oxygen atoms in total. The summed E-state index contributed by atoms with van der Waals surface area (Å²) in [6, 6.07) is 23.0. The molecule has 0 radical (unpaired) electrons. The Morgan fingerprint density at radius 3 is 1.56 bits per heavy atom. The zero-order valence-electron chi connectivity index (χ0n) is 18.8. The van der Waals surface area contributed by atoms with Crippen LogP contribution in [0.3, 0.4) is 0 Å². The Morgan fingerprint density at radius 2 is 1.12 bits per heavy atom. The molecule has 2 saturated heterocycles. The van der Waals surface area contributed by atoms with Crippen molar-refractivity contribution in [2.75, 3.05) is 49.2 Å². The van der Waals surface area contributed by atoms with Crippen LogP contribution in [0.5, 0.6) is 0 Å². The summed E-state index contributed by atoms with van der Waals surface area (Å²) in [5, 5.41) is 0. The van der Waals surface area contributed by atoms with E-state index in [0.717, 1.165) is 37.8 Å². The normalized spacial score (nSPS) is 26.2. The monoisotopic (exact) mass is 430 g/mol. The molecule has 0 N–H and O–H groups in total. The second kappa shape index (κ2) is 8.52. The quantitative estimate of drug-likeness (QED) is 0.624. The van der Waals surface area contributed by atoms with E-state index in [1.165, 1.54) is 11.1 Å². The van der Waals surface area contributed by atoms with E-state index in [1.54, 1.807) is 6.33 Å². The first kappa shape index (κ1) is 20.9. The summed E-state index contributed by atoms with van der Waals surface area (Å²) >= 11 is 0. The Hall–Kier alpha value is -2.96. The smallest absolute Gasteiger partial charge is 0.134 e. The van der Waals surface area contributed by atoms with Gasteiger partial charge in [0.05, 0.1) is 26.3 Å². The third-order valence-corrected chi connectivity index (χ3v) is 6.60. The fraction of sp³-hybridized carbons (Fsp3) is 0.385. The van der Waals surface area contributed by atoms with Gasteiger partial charge >= 0.3 is 0 Å². The summed E-state index contributed by atoms with van der Waals surface area (Å²) < 4.78 is 12.4. The van der Waals surface area contributed by atoms with E-state index in [9.17, 15) is 0 Å². The first-order chi connectivity index (χ1) is 15.6. The standard InChI is InChI=1S/C26H30N4O2/c1-25(21-9-5-3-6-10-21)18-29(13-15-31-25)23-17-24(28-20-27-23)30-14-16-32-26(2,19-30)22-11-7-4-8-12-22/h3-12,17,20H,13-16,18-19H2,1-2H3. The van der Waals surface area contributed by atoms with Crippen molar-refractivity contribution in [3.8, 4) is 0 Å². The molecule has 2 aliphatic heterocycles. The predicted octanol–water partition coefficient (Wildman–Crippen LogP) is 3.98. The third kappa shape index (κ3) is 4.08. The van der Waals surface area contributed by atoms with Crippen molar-refractivity contribution in [1.82, 2.24) is 9.97 Å². The molecule has 2 fully saturated rings. The molecule has 6 heteroatoms. The topological polar surface area (TPSA) is 50.7 Å². The molecule has 1 aromatic heterocycles. The lowest BCUT2D eigenvalue weighted by atomic mass is 9.93. The third-order valence-electron chi connectivity index (χ3n) is 6.60. The first-order valence-electron chi connectivity index (χ1n) is 11.3. The average Bonchev–Trinajstić information content (AvgIpc) is 2.85. The second-order valence-corrected chi connectivity index (χ2v) is 8.97. The van der Waals surface area contributed by atoms with Gasteiger partial charge in [-0.1, -0.05) is 60.7 Å². The zero-order chi connectivity index (χ0) is 22.0. The zero-order valence-corrected chi connectivity index (χ0v) is 18.8. The van der Waals surface area contributed by atoms with Gasteiger partial charge in [-0.05, 0) is 25.0 Å². The van der Waals surface area contributed by atoms with Crippen LogP contribution < -0.4 is 9.80 Å². The highest BCUT2D eigenvalue weighted by atomic mass is 16.5. The van der Waals surface area contributed by atoms with Crippen molar-refractivity contribution in [3.63, 3.8) is 0 Å². The van der Waals surface area contributed by atoms with Crippen molar-refractivity contribution in [1.29, 1.82) is 0 Å². The number of rotatable bonds is 4. The summed E-state index contributed by atoms with van der Waals surface area (Å²) in [5.74, 6) is 1.88. The molecule has 0 aliphatic carbocycles. The van der Waals surface area contributed by atoms with Gasteiger partial charge in [0.2, 0.25) is 0 Å². The van der Waals surface area contributed by atoms with Gasteiger partial charge in [-0.25, -0.2) is 9.97 Å². The molecular formula is C26H30N4O2. The molecule has 5 rings (SSSR count). The van der Waals surface area contributed by atoms with Crippen LogP contribution in [0.4, 0.5) is 11.6 Å². The molecule has 2 aliphatic rings. The predicted molar refractivity (Wildman–Crippen MR) is 126 cm³/mol. The molecular weight excluding hydrogens is 400 g/mol. The van der Waals surface area contributed by atoms with Crippen molar-refractivity contribution in [2.45, 2.75) is 25.0 Å². The summed E-state index contributed by atoms with van der Waals surface area (Å²) in [5.41, 5.74) is 1.64. The lowest BCUT2D eigenvalue weighted by molar-refractivity contribution is -0.0470. The largest absolute Gasteiger partial charge is 0.367 e. The Morgan fingerprint density at radius 1 is 0.688 bits per heavy atom. The van der Waals surface area contributed by atoms with Gasteiger partial charge in [0, 0.05) is 19.2 Å². The summed E-state index contributed by atoms with van der Waals surface area (Å²) in [4.78, 5) is 13.8. The highest BCUT2D eigenvalue weighted by molar-refractivity contribution is 5.52. The Balaban J connectivity index is 1.37.